The topological polar surface area (TPSA) is 55.4 Å². The number of hydrogen-bond donors (Lipinski definition) is 1. The van der Waals surface area contributed by atoms with Gasteiger partial charge in [-0.2, -0.15) is 0 Å². The van der Waals surface area contributed by atoms with Crippen molar-refractivity contribution < 1.29 is 23.1 Å². The van der Waals surface area contributed by atoms with Crippen molar-refractivity contribution in [1.82, 2.24) is 5.32 Å². The monoisotopic (exact) mass is 551 g/mol. The summed E-state index contributed by atoms with van der Waals surface area (Å²) in [4.78, 5) is 23.0. The lowest BCUT2D eigenvalue weighted by Gasteiger charge is -2.14. The van der Waals surface area contributed by atoms with Gasteiger partial charge >= 0.3 is 5.97 Å². The molecule has 0 heterocycles. The standard InChI is InChI=1S/C18H24O3.C8H9F2N.C8H10/c1-11(2)14(6)17(10-19)16-8-7-15(9-13(16)5)21-18(20)12(3)4;1-11-5-6-2-3-7(9)8(10)4-6;1-2-8-6-4-3-5-7-8/h7-12H,1-6H3;2-4,11H,5H2,1H3;3-7H,2H2,1H3/b17-14+;;. The molecule has 3 rings (SSSR count). The SMILES string of the molecule is C/C(=C(/C=O)c1ccc(OC(=O)C(C)C)cc1C)C(C)C.CCc1ccccc1.CNCc1ccc(F)c(F)c1. The molecule has 0 aliphatic carbocycles. The number of rotatable bonds is 8. The highest BCUT2D eigenvalue weighted by Crippen LogP contribution is 2.27. The van der Waals surface area contributed by atoms with E-state index in [1.807, 2.05) is 26.0 Å². The molecule has 1 N–H and O–H groups in total. The Bertz CT molecular complexity index is 1250. The Morgan fingerprint density at radius 1 is 0.900 bits per heavy atom. The van der Waals surface area contributed by atoms with E-state index >= 15 is 0 Å². The quantitative estimate of drug-likeness (QED) is 0.133. The van der Waals surface area contributed by atoms with Crippen LogP contribution in [0.4, 0.5) is 8.78 Å². The molecular weight excluding hydrogens is 508 g/mol. The smallest absolute Gasteiger partial charge is 0.313 e. The minimum atomic E-state index is -0.801. The molecule has 0 radical (unpaired) electrons. The van der Waals surface area contributed by atoms with Crippen molar-refractivity contribution in [2.75, 3.05) is 7.05 Å². The summed E-state index contributed by atoms with van der Waals surface area (Å²) in [6, 6.07) is 19.7. The zero-order chi connectivity index (χ0) is 30.2. The Kier molecular flexibility index (Phi) is 15.3. The summed E-state index contributed by atoms with van der Waals surface area (Å²) >= 11 is 0. The van der Waals surface area contributed by atoms with Crippen LogP contribution in [-0.4, -0.2) is 19.3 Å². The summed E-state index contributed by atoms with van der Waals surface area (Å²) in [7, 11) is 1.75. The maximum atomic E-state index is 12.5. The van der Waals surface area contributed by atoms with Gasteiger partial charge in [-0.1, -0.05) is 82.7 Å². The lowest BCUT2D eigenvalue weighted by atomic mass is 9.92. The van der Waals surface area contributed by atoms with Crippen molar-refractivity contribution in [2.24, 2.45) is 11.8 Å². The van der Waals surface area contributed by atoms with E-state index in [0.717, 1.165) is 41.0 Å². The molecule has 40 heavy (non-hydrogen) atoms. The van der Waals surface area contributed by atoms with Gasteiger partial charge in [-0.25, -0.2) is 8.78 Å². The zero-order valence-corrected chi connectivity index (χ0v) is 25.0. The molecule has 0 amide bonds. The van der Waals surface area contributed by atoms with E-state index in [2.05, 4.69) is 50.4 Å². The Hall–Kier alpha value is -3.64. The number of nitrogens with one attached hydrogen (secondary N) is 1. The number of halogens is 2. The number of benzene rings is 3. The molecule has 0 aromatic heterocycles. The van der Waals surface area contributed by atoms with Crippen LogP contribution in [0, 0.1) is 30.4 Å². The lowest BCUT2D eigenvalue weighted by Crippen LogP contribution is -2.14. The summed E-state index contributed by atoms with van der Waals surface area (Å²) in [6.45, 7) is 14.3. The molecule has 0 bridgehead atoms. The maximum Gasteiger partial charge on any atom is 0.313 e. The third-order valence-electron chi connectivity index (χ3n) is 6.20. The van der Waals surface area contributed by atoms with E-state index in [9.17, 15) is 18.4 Å². The third-order valence-corrected chi connectivity index (χ3v) is 6.20. The van der Waals surface area contributed by atoms with Crippen LogP contribution >= 0.6 is 0 Å². The zero-order valence-electron chi connectivity index (χ0n) is 25.0. The van der Waals surface area contributed by atoms with Crippen LogP contribution in [0.2, 0.25) is 0 Å². The fraction of sp³-hybridized carbons (Fsp3) is 0.353. The van der Waals surface area contributed by atoms with Gasteiger partial charge in [0.2, 0.25) is 0 Å². The fourth-order valence-electron chi connectivity index (χ4n) is 3.48. The van der Waals surface area contributed by atoms with Crippen LogP contribution in [0.15, 0.2) is 72.3 Å². The van der Waals surface area contributed by atoms with Crippen LogP contribution in [0.1, 0.15) is 63.8 Å². The van der Waals surface area contributed by atoms with Crippen molar-refractivity contribution in [3.05, 3.63) is 106 Å². The minimum Gasteiger partial charge on any atom is -0.426 e. The summed E-state index contributed by atoms with van der Waals surface area (Å²) in [6.07, 6.45) is 2.04. The molecule has 0 unspecified atom stereocenters. The molecule has 4 nitrogen and oxygen atoms in total. The van der Waals surface area contributed by atoms with Gasteiger partial charge in [-0.15, -0.1) is 0 Å². The predicted molar refractivity (Wildman–Crippen MR) is 160 cm³/mol. The second-order valence-corrected chi connectivity index (χ2v) is 10.0. The number of carbonyl (C=O) groups excluding carboxylic acids is 2. The molecule has 0 spiro atoms. The molecule has 0 aliphatic heterocycles. The van der Waals surface area contributed by atoms with E-state index < -0.39 is 11.6 Å². The minimum absolute atomic E-state index is 0.168. The first-order chi connectivity index (χ1) is 18.9. The molecule has 6 heteroatoms. The molecule has 3 aromatic carbocycles. The number of ether oxygens (including phenoxy) is 1. The van der Waals surface area contributed by atoms with Gasteiger partial charge in [0.15, 0.2) is 17.9 Å². The highest BCUT2D eigenvalue weighted by molar-refractivity contribution is 6.08. The van der Waals surface area contributed by atoms with E-state index in [4.69, 9.17) is 4.74 Å². The van der Waals surface area contributed by atoms with Gasteiger partial charge in [0.25, 0.3) is 0 Å². The van der Waals surface area contributed by atoms with Gasteiger partial charge in [0, 0.05) is 12.1 Å². The van der Waals surface area contributed by atoms with Crippen LogP contribution in [0.5, 0.6) is 5.75 Å². The van der Waals surface area contributed by atoms with Crippen LogP contribution in [-0.2, 0) is 22.6 Å². The fourth-order valence-corrected chi connectivity index (χ4v) is 3.48. The largest absolute Gasteiger partial charge is 0.426 e. The number of allylic oxidation sites excluding steroid dienone is 2. The normalized spacial score (nSPS) is 11.1. The predicted octanol–water partition coefficient (Wildman–Crippen LogP) is 8.12. The number of esters is 1. The molecule has 0 fully saturated rings. The molecular formula is C34H43F2NO3. The van der Waals surface area contributed by atoms with Crippen molar-refractivity contribution in [1.29, 1.82) is 0 Å². The van der Waals surface area contributed by atoms with Gasteiger partial charge < -0.3 is 10.1 Å². The Labute approximate surface area is 238 Å². The first kappa shape index (κ1) is 34.4. The second kappa shape index (κ2) is 17.9. The molecule has 216 valence electrons. The second-order valence-electron chi connectivity index (χ2n) is 10.0. The van der Waals surface area contributed by atoms with Crippen molar-refractivity contribution in [3.63, 3.8) is 0 Å². The summed E-state index contributed by atoms with van der Waals surface area (Å²) < 4.78 is 30.1. The average Bonchev–Trinajstić information content (AvgIpc) is 2.93. The van der Waals surface area contributed by atoms with Gasteiger partial charge in [-0.05, 0) is 79.8 Å². The number of aryl methyl sites for hydroxylation is 2. The Morgan fingerprint density at radius 3 is 2.00 bits per heavy atom. The molecule has 0 saturated heterocycles. The third kappa shape index (κ3) is 11.6. The highest BCUT2D eigenvalue weighted by atomic mass is 19.2. The number of hydrogen-bond acceptors (Lipinski definition) is 4. The molecule has 0 aliphatic rings. The van der Waals surface area contributed by atoms with E-state index in [1.165, 1.54) is 11.6 Å². The van der Waals surface area contributed by atoms with E-state index in [-0.39, 0.29) is 11.9 Å². The number of aldehydes is 1. The molecule has 3 aromatic rings. The van der Waals surface area contributed by atoms with Crippen LogP contribution in [0.25, 0.3) is 5.57 Å². The van der Waals surface area contributed by atoms with Gasteiger partial charge in [-0.3, -0.25) is 9.59 Å². The highest BCUT2D eigenvalue weighted by Gasteiger charge is 2.14. The van der Waals surface area contributed by atoms with E-state index in [1.54, 1.807) is 39.1 Å². The summed E-state index contributed by atoms with van der Waals surface area (Å²) in [5, 5.41) is 2.84. The van der Waals surface area contributed by atoms with Crippen LogP contribution in [0.3, 0.4) is 0 Å². The van der Waals surface area contributed by atoms with E-state index in [0.29, 0.717) is 23.8 Å². The van der Waals surface area contributed by atoms with Gasteiger partial charge in [0.1, 0.15) is 5.75 Å². The Morgan fingerprint density at radius 2 is 1.55 bits per heavy atom. The first-order valence-corrected chi connectivity index (χ1v) is 13.6. The Balaban J connectivity index is 0.000000347. The summed E-state index contributed by atoms with van der Waals surface area (Å²) in [5.74, 6) is -1.20. The van der Waals surface area contributed by atoms with Gasteiger partial charge in [0.05, 0.1) is 5.92 Å². The van der Waals surface area contributed by atoms with Crippen LogP contribution < -0.4 is 10.1 Å². The lowest BCUT2D eigenvalue weighted by molar-refractivity contribution is -0.137. The first-order valence-electron chi connectivity index (χ1n) is 13.6. The number of carbonyl (C=O) groups is 2. The molecule has 0 saturated carbocycles. The van der Waals surface area contributed by atoms with Crippen molar-refractivity contribution in [2.45, 2.75) is 61.4 Å². The maximum absolute atomic E-state index is 12.5. The molecule has 0 atom stereocenters. The van der Waals surface area contributed by atoms with Crippen molar-refractivity contribution >= 4 is 17.8 Å². The summed E-state index contributed by atoms with van der Waals surface area (Å²) in [5.41, 5.74) is 5.73. The van der Waals surface area contributed by atoms with Crippen molar-refractivity contribution in [3.8, 4) is 5.75 Å². The average molecular weight is 552 g/mol.